The zero-order valence-electron chi connectivity index (χ0n) is 30.1. The zero-order chi connectivity index (χ0) is 37.0. The normalized spacial score (nSPS) is 11.6. The minimum absolute atomic E-state index is 0.592. The van der Waals surface area contributed by atoms with Gasteiger partial charge in [0.05, 0.1) is 0 Å². The van der Waals surface area contributed by atoms with Crippen LogP contribution in [0.3, 0.4) is 0 Å². The molecule has 0 fully saturated rings. The van der Waals surface area contributed by atoms with Crippen molar-refractivity contribution in [1.82, 2.24) is 15.0 Å². The monoisotopic (exact) mass is 717 g/mol. The Labute approximate surface area is 322 Å². The summed E-state index contributed by atoms with van der Waals surface area (Å²) in [7, 11) is 0. The summed E-state index contributed by atoms with van der Waals surface area (Å²) < 4.78 is 12.6. The number of benzene rings is 8. The summed E-state index contributed by atoms with van der Waals surface area (Å²) in [6, 6.07) is 64.6. The fraction of sp³-hybridized carbons (Fsp3) is 0. The molecule has 8 aromatic carbocycles. The fourth-order valence-electron chi connectivity index (χ4n) is 7.84. The smallest absolute Gasteiger partial charge is 0.164 e. The second-order valence-electron chi connectivity index (χ2n) is 14.0. The van der Waals surface area contributed by atoms with Crippen molar-refractivity contribution in [3.8, 4) is 67.5 Å². The Morgan fingerprint density at radius 1 is 0.268 bits per heavy atom. The first-order chi connectivity index (χ1) is 27.7. The number of rotatable bonds is 6. The highest BCUT2D eigenvalue weighted by Gasteiger charge is 2.20. The summed E-state index contributed by atoms with van der Waals surface area (Å²) in [5.41, 5.74) is 12.7. The van der Waals surface area contributed by atoms with E-state index in [4.69, 9.17) is 23.8 Å². The van der Waals surface area contributed by atoms with Crippen molar-refractivity contribution in [1.29, 1.82) is 0 Å². The van der Waals surface area contributed by atoms with E-state index in [1.54, 1.807) is 0 Å². The molecule has 0 atom stereocenters. The van der Waals surface area contributed by atoms with E-state index in [0.717, 1.165) is 93.9 Å². The van der Waals surface area contributed by atoms with E-state index in [2.05, 4.69) is 121 Å². The largest absolute Gasteiger partial charge is 0.456 e. The highest BCUT2D eigenvalue weighted by Crippen LogP contribution is 2.43. The van der Waals surface area contributed by atoms with E-state index in [1.807, 2.05) is 66.7 Å². The van der Waals surface area contributed by atoms with Crippen LogP contribution in [0.1, 0.15) is 0 Å². The van der Waals surface area contributed by atoms with Crippen molar-refractivity contribution in [3.05, 3.63) is 188 Å². The lowest BCUT2D eigenvalue weighted by molar-refractivity contribution is 0.668. The molecule has 0 saturated carbocycles. The molecule has 0 bridgehead atoms. The van der Waals surface area contributed by atoms with Gasteiger partial charge in [-0.25, -0.2) is 15.0 Å². The molecule has 0 unspecified atom stereocenters. The van der Waals surface area contributed by atoms with Crippen LogP contribution >= 0.6 is 0 Å². The van der Waals surface area contributed by atoms with Gasteiger partial charge in [0.15, 0.2) is 17.5 Å². The maximum Gasteiger partial charge on any atom is 0.164 e. The van der Waals surface area contributed by atoms with Gasteiger partial charge in [0.1, 0.15) is 22.3 Å². The Hall–Kier alpha value is -7.63. The average molecular weight is 718 g/mol. The zero-order valence-corrected chi connectivity index (χ0v) is 30.1. The van der Waals surface area contributed by atoms with Crippen molar-refractivity contribution in [2.24, 2.45) is 0 Å². The molecule has 0 aliphatic heterocycles. The van der Waals surface area contributed by atoms with Gasteiger partial charge in [0, 0.05) is 38.2 Å². The van der Waals surface area contributed by atoms with Crippen molar-refractivity contribution in [3.63, 3.8) is 0 Å². The van der Waals surface area contributed by atoms with Gasteiger partial charge in [-0.2, -0.15) is 0 Å². The molecular formula is C51H31N3O2. The van der Waals surface area contributed by atoms with Crippen LogP contribution in [0.2, 0.25) is 0 Å². The van der Waals surface area contributed by atoms with Crippen molar-refractivity contribution in [2.45, 2.75) is 0 Å². The van der Waals surface area contributed by atoms with Crippen LogP contribution in [-0.2, 0) is 0 Å². The number of furan rings is 2. The molecule has 0 N–H and O–H groups in total. The summed E-state index contributed by atoms with van der Waals surface area (Å²) in [5.74, 6) is 1.82. The molecule has 262 valence electrons. The van der Waals surface area contributed by atoms with Crippen LogP contribution < -0.4 is 0 Å². The molecule has 0 saturated heterocycles. The first kappa shape index (κ1) is 31.9. The van der Waals surface area contributed by atoms with E-state index in [9.17, 15) is 0 Å². The summed E-state index contributed by atoms with van der Waals surface area (Å²) >= 11 is 0. The number of fused-ring (bicyclic) bond motifs is 6. The fourth-order valence-corrected chi connectivity index (χ4v) is 7.84. The number of nitrogens with zero attached hydrogens (tertiary/aromatic N) is 3. The third kappa shape index (κ3) is 5.45. The summed E-state index contributed by atoms with van der Waals surface area (Å²) in [5, 5.41) is 4.30. The van der Waals surface area contributed by atoms with Crippen molar-refractivity contribution < 1.29 is 8.83 Å². The molecular weight excluding hydrogens is 687 g/mol. The molecule has 0 spiro atoms. The van der Waals surface area contributed by atoms with Crippen molar-refractivity contribution >= 4 is 43.9 Å². The molecule has 11 rings (SSSR count). The molecule has 3 aromatic heterocycles. The van der Waals surface area contributed by atoms with Gasteiger partial charge in [-0.3, -0.25) is 0 Å². The Balaban J connectivity index is 1.13. The molecule has 0 amide bonds. The predicted molar refractivity (Wildman–Crippen MR) is 227 cm³/mol. The maximum atomic E-state index is 6.39. The minimum atomic E-state index is 0.592. The standard InChI is InChI=1S/C51H31N3O2/c1-3-12-32(13-4-1)33-22-24-35(25-23-33)50-52-49(34-14-5-2-6-15-34)53-51(54-50)37-26-28-38(36-27-29-46-43(30-36)39-16-7-9-19-44(39)55-46)42(31-37)40-18-11-21-47-48(40)41-17-8-10-20-45(41)56-47/h1-31H. The molecule has 56 heavy (non-hydrogen) atoms. The first-order valence-electron chi connectivity index (χ1n) is 18.7. The van der Waals surface area contributed by atoms with Gasteiger partial charge in [-0.05, 0) is 69.8 Å². The lowest BCUT2D eigenvalue weighted by atomic mass is 9.90. The Kier molecular flexibility index (Phi) is 7.42. The van der Waals surface area contributed by atoms with E-state index in [1.165, 1.54) is 0 Å². The van der Waals surface area contributed by atoms with E-state index in [0.29, 0.717) is 17.5 Å². The van der Waals surface area contributed by atoms with E-state index >= 15 is 0 Å². The van der Waals surface area contributed by atoms with Crippen LogP contribution in [-0.4, -0.2) is 15.0 Å². The van der Waals surface area contributed by atoms with Gasteiger partial charge < -0.3 is 8.83 Å². The molecule has 11 aromatic rings. The third-order valence-electron chi connectivity index (χ3n) is 10.6. The SMILES string of the molecule is c1ccc(-c2ccc(-c3nc(-c4ccccc4)nc(-c4ccc(-c5ccc6oc7ccccc7c6c5)c(-c5cccc6oc7ccccc7c56)c4)n3)cc2)cc1. The van der Waals surface area contributed by atoms with Gasteiger partial charge in [-0.15, -0.1) is 0 Å². The lowest BCUT2D eigenvalue weighted by Crippen LogP contribution is -2.00. The second kappa shape index (κ2) is 13.0. The van der Waals surface area contributed by atoms with Crippen LogP contribution in [0.25, 0.3) is 111 Å². The highest BCUT2D eigenvalue weighted by atomic mass is 16.3. The van der Waals surface area contributed by atoms with Gasteiger partial charge >= 0.3 is 0 Å². The topological polar surface area (TPSA) is 65.0 Å². The Bertz CT molecular complexity index is 3240. The first-order valence-corrected chi connectivity index (χ1v) is 18.7. The Morgan fingerprint density at radius 3 is 1.52 bits per heavy atom. The van der Waals surface area contributed by atoms with E-state index < -0.39 is 0 Å². The number of aromatic nitrogens is 3. The Morgan fingerprint density at radius 2 is 0.768 bits per heavy atom. The molecule has 5 nitrogen and oxygen atoms in total. The summed E-state index contributed by atoms with van der Waals surface area (Å²) in [6.45, 7) is 0. The molecule has 3 heterocycles. The van der Waals surface area contributed by atoms with Gasteiger partial charge in [-0.1, -0.05) is 152 Å². The van der Waals surface area contributed by atoms with Crippen LogP contribution in [0.15, 0.2) is 197 Å². The lowest BCUT2D eigenvalue weighted by Gasteiger charge is -2.15. The number of hydrogen-bond donors (Lipinski definition) is 0. The van der Waals surface area contributed by atoms with Crippen LogP contribution in [0.5, 0.6) is 0 Å². The molecule has 0 radical (unpaired) electrons. The van der Waals surface area contributed by atoms with Gasteiger partial charge in [0.2, 0.25) is 0 Å². The highest BCUT2D eigenvalue weighted by molar-refractivity contribution is 6.14. The van der Waals surface area contributed by atoms with E-state index in [-0.39, 0.29) is 0 Å². The molecule has 0 aliphatic carbocycles. The van der Waals surface area contributed by atoms with Crippen LogP contribution in [0.4, 0.5) is 0 Å². The maximum absolute atomic E-state index is 6.39. The van der Waals surface area contributed by atoms with Gasteiger partial charge in [0.25, 0.3) is 0 Å². The predicted octanol–water partition coefficient (Wildman–Crippen LogP) is 13.7. The summed E-state index contributed by atoms with van der Waals surface area (Å²) in [6.07, 6.45) is 0. The quantitative estimate of drug-likeness (QED) is 0.171. The number of para-hydroxylation sites is 2. The third-order valence-corrected chi connectivity index (χ3v) is 10.6. The van der Waals surface area contributed by atoms with Crippen LogP contribution in [0, 0.1) is 0 Å². The summed E-state index contributed by atoms with van der Waals surface area (Å²) in [4.78, 5) is 15.3. The number of hydrogen-bond acceptors (Lipinski definition) is 5. The second-order valence-corrected chi connectivity index (χ2v) is 14.0. The minimum Gasteiger partial charge on any atom is -0.456 e. The molecule has 5 heteroatoms. The molecule has 0 aliphatic rings. The van der Waals surface area contributed by atoms with Crippen molar-refractivity contribution in [2.75, 3.05) is 0 Å². The average Bonchev–Trinajstić information content (AvgIpc) is 3.85.